The normalized spacial score (nSPS) is 29.8. The van der Waals surface area contributed by atoms with Gasteiger partial charge in [0.1, 0.15) is 30.2 Å². The summed E-state index contributed by atoms with van der Waals surface area (Å²) < 4.78 is 3.09. The molecule has 3 saturated heterocycles. The van der Waals surface area contributed by atoms with Crippen LogP contribution in [0.1, 0.15) is 153 Å². The Kier molecular flexibility index (Phi) is 14.5. The highest BCUT2D eigenvalue weighted by molar-refractivity contribution is 5.94. The summed E-state index contributed by atoms with van der Waals surface area (Å²) in [6.07, 6.45) is 9.17. The quantitative estimate of drug-likeness (QED) is 0.154. The summed E-state index contributed by atoms with van der Waals surface area (Å²) in [4.78, 5) is 93.4. The number of likely N-dealkylation sites (N-methyl/N-ethyl adjacent to an activating group) is 1. The number of aliphatic hydroxyl groups is 2. The number of likely N-dealkylation sites (tertiary alicyclic amines) is 3. The van der Waals surface area contributed by atoms with Gasteiger partial charge in [0.15, 0.2) is 0 Å². The molecule has 6 heterocycles. The van der Waals surface area contributed by atoms with Crippen molar-refractivity contribution in [2.24, 2.45) is 16.7 Å². The van der Waals surface area contributed by atoms with Crippen molar-refractivity contribution in [2.75, 3.05) is 26.7 Å². The molecule has 6 aliphatic rings. The van der Waals surface area contributed by atoms with Crippen LogP contribution >= 0.6 is 0 Å². The number of hydrogen-bond donors (Lipinski definition) is 5. The second kappa shape index (κ2) is 20.4. The lowest BCUT2D eigenvalue weighted by molar-refractivity contribution is -0.145. The first-order valence-corrected chi connectivity index (χ1v) is 26.4. The minimum Gasteiger partial charge on any atom is -0.391 e. The molecule has 0 radical (unpaired) electrons. The number of aromatic nitrogens is 7. The fourth-order valence-electron chi connectivity index (χ4n) is 12.3. The lowest BCUT2D eigenvalue weighted by Crippen LogP contribution is -2.54. The van der Waals surface area contributed by atoms with Crippen LogP contribution in [-0.2, 0) is 34.2 Å². The van der Waals surface area contributed by atoms with Crippen LogP contribution in [-0.4, -0.2) is 164 Å². The van der Waals surface area contributed by atoms with E-state index in [-0.39, 0.29) is 73.5 Å². The Labute approximate surface area is 431 Å². The topological polar surface area (TPSA) is 287 Å². The molecule has 74 heavy (non-hydrogen) atoms. The highest BCUT2D eigenvalue weighted by Gasteiger charge is 2.55. The number of amides is 6. The fourth-order valence-corrected chi connectivity index (χ4v) is 12.3. The van der Waals surface area contributed by atoms with Gasteiger partial charge in [-0.05, 0) is 86.7 Å². The summed E-state index contributed by atoms with van der Waals surface area (Å²) >= 11 is 0. The van der Waals surface area contributed by atoms with Crippen LogP contribution in [0.5, 0.6) is 0 Å². The zero-order valence-electron chi connectivity index (χ0n) is 43.6. The summed E-state index contributed by atoms with van der Waals surface area (Å²) in [5.41, 5.74) is 0.0883. The number of hydrogen-bond acceptors (Lipinski definition) is 14. The van der Waals surface area contributed by atoms with E-state index in [1.165, 1.54) is 21.5 Å². The van der Waals surface area contributed by atoms with E-state index in [1.807, 2.05) is 59.7 Å². The van der Waals surface area contributed by atoms with Crippen LogP contribution in [0.25, 0.3) is 0 Å². The molecular weight excluding hydrogens is 949 g/mol. The van der Waals surface area contributed by atoms with Gasteiger partial charge in [-0.15, -0.1) is 10.2 Å². The first kappa shape index (κ1) is 52.5. The molecule has 0 aromatic carbocycles. The number of nitriles is 1. The smallest absolute Gasteiger partial charge is 0.248 e. The van der Waals surface area contributed by atoms with Crippen LogP contribution in [0, 0.1) is 28.1 Å². The molecule has 9 rings (SSSR count). The number of carbonyl (C=O) groups excluding carboxylic acids is 6. The number of nitrogens with zero attached hydrogens (tertiary/aromatic N) is 11. The van der Waals surface area contributed by atoms with Crippen LogP contribution in [0.15, 0.2) is 36.8 Å². The molecule has 4 unspecified atom stereocenters. The second-order valence-corrected chi connectivity index (χ2v) is 23.8. The lowest BCUT2D eigenvalue weighted by Gasteiger charge is -2.37. The fraction of sp³-hybridized carbons (Fsp3) is 0.692. The number of rotatable bonds is 14. The third-order valence-corrected chi connectivity index (χ3v) is 16.4. The summed E-state index contributed by atoms with van der Waals surface area (Å²) in [6.45, 7) is 10.9. The Hall–Kier alpha value is -6.34. The predicted octanol–water partition coefficient (Wildman–Crippen LogP) is 1.79. The minimum absolute atomic E-state index is 0.0112. The first-order chi connectivity index (χ1) is 35.1. The largest absolute Gasteiger partial charge is 0.391 e. The average Bonchev–Trinajstić information content (AvgIpc) is 3.97. The molecule has 0 bridgehead atoms. The molecule has 3 saturated carbocycles. The number of nitrogens with one attached hydrogen (secondary N) is 3. The molecule has 3 aromatic heterocycles. The maximum Gasteiger partial charge on any atom is 0.248 e. The number of carbonyl (C=O) groups is 6. The Morgan fingerprint density at radius 2 is 1.34 bits per heavy atom. The third-order valence-electron chi connectivity index (χ3n) is 16.4. The summed E-state index contributed by atoms with van der Waals surface area (Å²) in [6, 6.07) is 2.97. The number of β-amino-alcohol motifs (C(OH)–C–C–N with tert-alkyl or cyclic N) is 2. The van der Waals surface area contributed by atoms with E-state index in [4.69, 9.17) is 0 Å². The van der Waals surface area contributed by atoms with E-state index >= 15 is 0 Å². The second-order valence-electron chi connectivity index (χ2n) is 23.8. The maximum atomic E-state index is 14.7. The van der Waals surface area contributed by atoms with E-state index in [1.54, 1.807) is 28.2 Å². The monoisotopic (exact) mass is 1020 g/mol. The molecule has 3 aromatic rings. The van der Waals surface area contributed by atoms with E-state index < -0.39 is 77.0 Å². The van der Waals surface area contributed by atoms with E-state index in [9.17, 15) is 44.2 Å². The number of pyridine rings is 1. The van der Waals surface area contributed by atoms with Crippen molar-refractivity contribution >= 4 is 35.4 Å². The molecule has 22 heteroatoms. The maximum absolute atomic E-state index is 14.7. The number of aliphatic hydroxyl groups excluding tert-OH is 2. The van der Waals surface area contributed by atoms with Gasteiger partial charge in [-0.25, -0.2) is 9.36 Å². The highest BCUT2D eigenvalue weighted by atomic mass is 16.3. The molecular formula is C52H72N14O8. The molecule has 0 spiro atoms. The van der Waals surface area contributed by atoms with Crippen molar-refractivity contribution in [1.82, 2.24) is 65.6 Å². The van der Waals surface area contributed by atoms with Crippen molar-refractivity contribution in [3.8, 4) is 6.07 Å². The summed E-state index contributed by atoms with van der Waals surface area (Å²) in [5.74, 6) is -2.44. The van der Waals surface area contributed by atoms with Gasteiger partial charge in [-0.1, -0.05) is 58.0 Å². The molecule has 5 N–H and O–H groups in total. The molecule has 22 nitrogen and oxygen atoms in total. The van der Waals surface area contributed by atoms with Gasteiger partial charge in [0.05, 0.1) is 47.3 Å². The van der Waals surface area contributed by atoms with Gasteiger partial charge in [0, 0.05) is 75.5 Å². The van der Waals surface area contributed by atoms with Crippen LogP contribution in [0.3, 0.4) is 0 Å². The van der Waals surface area contributed by atoms with Crippen molar-refractivity contribution < 1.29 is 39.0 Å². The van der Waals surface area contributed by atoms with Crippen LogP contribution < -0.4 is 16.0 Å². The van der Waals surface area contributed by atoms with Crippen molar-refractivity contribution in [3.05, 3.63) is 53.9 Å². The molecule has 3 aliphatic heterocycles. The molecule has 6 fully saturated rings. The van der Waals surface area contributed by atoms with E-state index in [0.717, 1.165) is 24.2 Å². The van der Waals surface area contributed by atoms with E-state index in [0.29, 0.717) is 56.6 Å². The Balaban J connectivity index is 0.846. The molecule has 398 valence electrons. The van der Waals surface area contributed by atoms with Gasteiger partial charge < -0.3 is 40.9 Å². The SMILES string of the molecule is CNC(=O)C1CCC(C2CC2c2cn([C@H](C(=O)N3C[C@H](O)C[C@H]3C(=O)NC3CCC(C#N)(c4ccccn4)CC3)C(C)(C)C)nn2)N1C(=O)CNC(=O)[C@@H]1C[C@@H](O)CN1C(=O)[C@@H](n1cc(C2CC2)nn1)C(C)(C)C. The van der Waals surface area contributed by atoms with Gasteiger partial charge in [0.2, 0.25) is 35.4 Å². The standard InChI is InChI=1S/C52H72N14O8/c1-50(2,3)43(64-26-35(58-60-64)29-11-12-29)48(73)62-24-31(67)20-39(62)46(71)56-23-42(69)66-37(13-14-38(66)45(70)54-7)34-22-33(34)36-27-65(61-59-36)44(51(4,5)6)49(74)63-25-32(68)21-40(63)47(72)57-30-15-17-52(28-53,18-16-30)41-10-8-9-19-55-41/h8-10,19,26-27,29-34,37-40,43-44,67-68H,11-18,20-25H2,1-7H3,(H,54,70)(H,56,71)(H,57,72)/t30?,31-,32-,33?,34?,37?,38?,39+,40+,43-,44-,52?/m1/s1. The summed E-state index contributed by atoms with van der Waals surface area (Å²) in [5, 5.41) is 58.0. The van der Waals surface area contributed by atoms with Gasteiger partial charge in [-0.2, -0.15) is 5.26 Å². The lowest BCUT2D eigenvalue weighted by atomic mass is 9.71. The Bertz CT molecular complexity index is 2640. The van der Waals surface area contributed by atoms with Gasteiger partial charge in [0.25, 0.3) is 0 Å². The zero-order valence-corrected chi connectivity index (χ0v) is 43.6. The van der Waals surface area contributed by atoms with Crippen LogP contribution in [0.4, 0.5) is 0 Å². The van der Waals surface area contributed by atoms with Crippen LogP contribution in [0.2, 0.25) is 0 Å². The van der Waals surface area contributed by atoms with Crippen molar-refractivity contribution in [2.45, 2.75) is 184 Å². The predicted molar refractivity (Wildman–Crippen MR) is 265 cm³/mol. The van der Waals surface area contributed by atoms with E-state index in [2.05, 4.69) is 47.6 Å². The third kappa shape index (κ3) is 10.5. The Morgan fingerprint density at radius 1 is 0.757 bits per heavy atom. The van der Waals surface area contributed by atoms with Gasteiger partial charge in [-0.3, -0.25) is 33.8 Å². The highest BCUT2D eigenvalue weighted by Crippen LogP contribution is 2.53. The summed E-state index contributed by atoms with van der Waals surface area (Å²) in [7, 11) is 1.51. The average molecular weight is 1020 g/mol. The first-order valence-electron chi connectivity index (χ1n) is 26.4. The minimum atomic E-state index is -1.05. The van der Waals surface area contributed by atoms with Crippen molar-refractivity contribution in [1.29, 1.82) is 5.26 Å². The molecule has 6 amide bonds. The molecule has 3 aliphatic carbocycles. The zero-order chi connectivity index (χ0) is 53.0. The Morgan fingerprint density at radius 3 is 1.88 bits per heavy atom. The van der Waals surface area contributed by atoms with Crippen molar-refractivity contribution in [3.63, 3.8) is 0 Å². The van der Waals surface area contributed by atoms with Gasteiger partial charge >= 0.3 is 0 Å². The molecule has 10 atom stereocenters.